The Morgan fingerprint density at radius 1 is 1.00 bits per heavy atom. The summed E-state index contributed by atoms with van der Waals surface area (Å²) in [4.78, 5) is 17.1. The van der Waals surface area contributed by atoms with E-state index in [9.17, 15) is 9.90 Å². The Hall–Kier alpha value is -3.64. The quantitative estimate of drug-likeness (QED) is 0.391. The maximum atomic E-state index is 12.4. The van der Waals surface area contributed by atoms with Gasteiger partial charge in [0.05, 0.1) is 17.6 Å². The van der Waals surface area contributed by atoms with E-state index in [1.807, 2.05) is 66.9 Å². The molecule has 0 aliphatic carbocycles. The molecule has 6 heteroatoms. The predicted molar refractivity (Wildman–Crippen MR) is 134 cm³/mol. The van der Waals surface area contributed by atoms with Gasteiger partial charge in [-0.25, -0.2) is 4.98 Å². The van der Waals surface area contributed by atoms with E-state index in [2.05, 4.69) is 18.3 Å². The van der Waals surface area contributed by atoms with Crippen molar-refractivity contribution in [2.75, 3.05) is 13.2 Å². The van der Waals surface area contributed by atoms with Crippen LogP contribution in [0.5, 0.6) is 5.75 Å². The molecule has 0 aliphatic heterocycles. The molecule has 0 radical (unpaired) electrons. The monoisotopic (exact) mass is 457 g/mol. The second kappa shape index (κ2) is 10.5. The minimum absolute atomic E-state index is 0.111. The number of hydrogen-bond acceptors (Lipinski definition) is 4. The van der Waals surface area contributed by atoms with E-state index < -0.39 is 6.10 Å². The summed E-state index contributed by atoms with van der Waals surface area (Å²) in [5.74, 6) is 1.54. The van der Waals surface area contributed by atoms with E-state index in [1.165, 1.54) is 0 Å². The van der Waals surface area contributed by atoms with Crippen LogP contribution in [0.2, 0.25) is 0 Å². The van der Waals surface area contributed by atoms with Crippen LogP contribution in [0.3, 0.4) is 0 Å². The van der Waals surface area contributed by atoms with Gasteiger partial charge in [0.15, 0.2) is 0 Å². The van der Waals surface area contributed by atoms with E-state index in [4.69, 9.17) is 9.72 Å². The van der Waals surface area contributed by atoms with Crippen LogP contribution in [0.1, 0.15) is 32.9 Å². The lowest BCUT2D eigenvalue weighted by Crippen LogP contribution is -2.28. The zero-order chi connectivity index (χ0) is 24.1. The lowest BCUT2D eigenvalue weighted by Gasteiger charge is -2.18. The van der Waals surface area contributed by atoms with Gasteiger partial charge in [0.25, 0.3) is 5.91 Å². The normalized spacial score (nSPS) is 12.0. The van der Waals surface area contributed by atoms with Crippen LogP contribution in [-0.4, -0.2) is 39.8 Å². The number of nitrogens with zero attached hydrogens (tertiary/aromatic N) is 2. The number of aromatic nitrogens is 2. The van der Waals surface area contributed by atoms with Crippen molar-refractivity contribution in [3.63, 3.8) is 0 Å². The lowest BCUT2D eigenvalue weighted by molar-refractivity contribution is 0.0916. The number of hydrogen-bond donors (Lipinski definition) is 2. The van der Waals surface area contributed by atoms with Crippen LogP contribution in [0.25, 0.3) is 11.0 Å². The van der Waals surface area contributed by atoms with Gasteiger partial charge in [-0.15, -0.1) is 0 Å². The van der Waals surface area contributed by atoms with Crippen LogP contribution in [0.4, 0.5) is 0 Å². The van der Waals surface area contributed by atoms with Crippen molar-refractivity contribution >= 4 is 16.9 Å². The SMILES string of the molecule is Cc1ccc(C)c(OCC(O)Cn2c(CCNC(=O)c3ccccc3)nc3ccccc32)c1C. The molecule has 176 valence electrons. The highest BCUT2D eigenvalue weighted by atomic mass is 16.5. The molecule has 1 amide bonds. The van der Waals surface area contributed by atoms with E-state index in [1.54, 1.807) is 12.1 Å². The number of carbonyl (C=O) groups excluding carboxylic acids is 1. The zero-order valence-electron chi connectivity index (χ0n) is 19.9. The van der Waals surface area contributed by atoms with Crippen LogP contribution in [0, 0.1) is 20.8 Å². The lowest BCUT2D eigenvalue weighted by atomic mass is 10.1. The summed E-state index contributed by atoms with van der Waals surface area (Å²) in [6, 6.07) is 21.1. The van der Waals surface area contributed by atoms with Gasteiger partial charge in [0.2, 0.25) is 0 Å². The van der Waals surface area contributed by atoms with Gasteiger partial charge >= 0.3 is 0 Å². The molecule has 1 unspecified atom stereocenters. The summed E-state index contributed by atoms with van der Waals surface area (Å²) in [6.07, 6.45) is -0.161. The van der Waals surface area contributed by atoms with Crippen LogP contribution in [0.15, 0.2) is 66.7 Å². The number of aliphatic hydroxyl groups is 1. The maximum absolute atomic E-state index is 12.4. The summed E-state index contributed by atoms with van der Waals surface area (Å²) in [5.41, 5.74) is 5.76. The predicted octanol–water partition coefficient (Wildman–Crippen LogP) is 4.37. The highest BCUT2D eigenvalue weighted by Gasteiger charge is 2.16. The Bertz CT molecular complexity index is 1280. The first-order valence-electron chi connectivity index (χ1n) is 11.6. The topological polar surface area (TPSA) is 76.4 Å². The molecule has 0 fully saturated rings. The van der Waals surface area contributed by atoms with Crippen LogP contribution >= 0.6 is 0 Å². The first kappa shape index (κ1) is 23.5. The Labute approximate surface area is 200 Å². The number of para-hydroxylation sites is 2. The molecule has 1 atom stereocenters. The van der Waals surface area contributed by atoms with Gasteiger partial charge in [0.1, 0.15) is 24.3 Å². The van der Waals surface area contributed by atoms with E-state index in [-0.39, 0.29) is 12.5 Å². The Morgan fingerprint density at radius 3 is 2.50 bits per heavy atom. The van der Waals surface area contributed by atoms with Crippen molar-refractivity contribution in [3.05, 3.63) is 94.8 Å². The molecule has 1 aromatic heterocycles. The second-order valence-corrected chi connectivity index (χ2v) is 8.62. The fourth-order valence-electron chi connectivity index (χ4n) is 4.09. The molecule has 0 saturated carbocycles. The molecule has 1 heterocycles. The van der Waals surface area contributed by atoms with Gasteiger partial charge < -0.3 is 19.7 Å². The van der Waals surface area contributed by atoms with E-state index >= 15 is 0 Å². The van der Waals surface area contributed by atoms with E-state index in [0.29, 0.717) is 25.1 Å². The third kappa shape index (κ3) is 5.29. The van der Waals surface area contributed by atoms with Crippen molar-refractivity contribution < 1.29 is 14.6 Å². The third-order valence-corrected chi connectivity index (χ3v) is 6.09. The number of carbonyl (C=O) groups is 1. The molecule has 3 aromatic carbocycles. The summed E-state index contributed by atoms with van der Waals surface area (Å²) in [6.45, 7) is 7.09. The molecule has 4 aromatic rings. The molecule has 6 nitrogen and oxygen atoms in total. The van der Waals surface area contributed by atoms with Crippen molar-refractivity contribution in [1.29, 1.82) is 0 Å². The molecule has 0 saturated heterocycles. The molecular weight excluding hydrogens is 426 g/mol. The first-order valence-corrected chi connectivity index (χ1v) is 11.6. The van der Waals surface area contributed by atoms with Gasteiger partial charge in [-0.05, 0) is 61.7 Å². The molecule has 34 heavy (non-hydrogen) atoms. The number of nitrogens with one attached hydrogen (secondary N) is 1. The highest BCUT2D eigenvalue weighted by molar-refractivity contribution is 5.94. The number of benzene rings is 3. The van der Waals surface area contributed by atoms with E-state index in [0.717, 1.165) is 39.3 Å². The van der Waals surface area contributed by atoms with Gasteiger partial charge in [0, 0.05) is 18.5 Å². The maximum Gasteiger partial charge on any atom is 0.251 e. The number of rotatable bonds is 9. The number of fused-ring (bicyclic) bond motifs is 1. The van der Waals surface area contributed by atoms with Crippen molar-refractivity contribution in [1.82, 2.24) is 14.9 Å². The van der Waals surface area contributed by atoms with Gasteiger partial charge in [-0.2, -0.15) is 0 Å². The fourth-order valence-corrected chi connectivity index (χ4v) is 4.09. The molecule has 4 rings (SSSR count). The highest BCUT2D eigenvalue weighted by Crippen LogP contribution is 2.26. The molecule has 0 spiro atoms. The number of amides is 1. The standard InChI is InChI=1S/C28H31N3O3/c1-19-13-14-20(2)27(21(19)3)34-18-23(32)17-31-25-12-8-7-11-24(25)30-26(31)15-16-29-28(33)22-9-5-4-6-10-22/h4-14,23,32H,15-18H2,1-3H3,(H,29,33). The van der Waals surface area contributed by atoms with Crippen molar-refractivity contribution in [3.8, 4) is 5.75 Å². The Morgan fingerprint density at radius 2 is 1.71 bits per heavy atom. The molecular formula is C28H31N3O3. The zero-order valence-corrected chi connectivity index (χ0v) is 19.9. The first-order chi connectivity index (χ1) is 16.4. The average molecular weight is 458 g/mol. The average Bonchev–Trinajstić information content (AvgIpc) is 3.19. The van der Waals surface area contributed by atoms with Crippen LogP contribution in [-0.2, 0) is 13.0 Å². The number of imidazole rings is 1. The third-order valence-electron chi connectivity index (χ3n) is 6.09. The minimum Gasteiger partial charge on any atom is -0.490 e. The Kier molecular flexibility index (Phi) is 7.28. The summed E-state index contributed by atoms with van der Waals surface area (Å²) in [5, 5.41) is 13.8. The fraction of sp³-hybridized carbons (Fsp3) is 0.286. The Balaban J connectivity index is 1.44. The van der Waals surface area contributed by atoms with Gasteiger partial charge in [-0.3, -0.25) is 4.79 Å². The van der Waals surface area contributed by atoms with Crippen molar-refractivity contribution in [2.45, 2.75) is 39.8 Å². The molecule has 0 bridgehead atoms. The summed E-state index contributed by atoms with van der Waals surface area (Å²) >= 11 is 0. The largest absolute Gasteiger partial charge is 0.490 e. The number of aryl methyl sites for hydroxylation is 2. The smallest absolute Gasteiger partial charge is 0.251 e. The number of aliphatic hydroxyl groups excluding tert-OH is 1. The molecule has 0 aliphatic rings. The molecule has 2 N–H and O–H groups in total. The van der Waals surface area contributed by atoms with Crippen LogP contribution < -0.4 is 10.1 Å². The summed E-state index contributed by atoms with van der Waals surface area (Å²) < 4.78 is 8.05. The van der Waals surface area contributed by atoms with Gasteiger partial charge in [-0.1, -0.05) is 42.5 Å². The van der Waals surface area contributed by atoms with Crippen molar-refractivity contribution in [2.24, 2.45) is 0 Å². The minimum atomic E-state index is -0.713. The second-order valence-electron chi connectivity index (χ2n) is 8.62. The summed E-state index contributed by atoms with van der Waals surface area (Å²) in [7, 11) is 0. The number of ether oxygens (including phenoxy) is 1.